The van der Waals surface area contributed by atoms with E-state index < -0.39 is 0 Å². The fourth-order valence-electron chi connectivity index (χ4n) is 2.39. The average molecular weight is 279 g/mol. The Morgan fingerprint density at radius 3 is 2.86 bits per heavy atom. The van der Waals surface area contributed by atoms with E-state index in [9.17, 15) is 4.79 Å². The van der Waals surface area contributed by atoms with Crippen LogP contribution in [0.1, 0.15) is 18.5 Å². The molecule has 5 nitrogen and oxygen atoms in total. The smallest absolute Gasteiger partial charge is 0.181 e. The molecule has 104 valence electrons. The van der Waals surface area contributed by atoms with Crippen molar-refractivity contribution >= 4 is 16.7 Å². The number of carbonyl (C=O) groups is 1. The molecular formula is C16H13N3O2. The Kier molecular flexibility index (Phi) is 2.77. The molecule has 0 atom stereocenters. The number of hydrogen-bond acceptors (Lipinski definition) is 5. The van der Waals surface area contributed by atoms with Gasteiger partial charge < -0.3 is 4.42 Å². The quantitative estimate of drug-likeness (QED) is 0.734. The van der Waals surface area contributed by atoms with Gasteiger partial charge in [-0.05, 0) is 25.0 Å². The zero-order valence-electron chi connectivity index (χ0n) is 11.3. The predicted molar refractivity (Wildman–Crippen MR) is 76.5 cm³/mol. The van der Waals surface area contributed by atoms with Gasteiger partial charge in [0.1, 0.15) is 5.78 Å². The van der Waals surface area contributed by atoms with Crippen LogP contribution in [-0.4, -0.2) is 20.7 Å². The second-order valence-corrected chi connectivity index (χ2v) is 5.38. The number of aromatic nitrogens is 3. The van der Waals surface area contributed by atoms with Gasteiger partial charge in [-0.25, -0.2) is 4.98 Å². The van der Waals surface area contributed by atoms with Crippen molar-refractivity contribution in [3.05, 3.63) is 42.8 Å². The van der Waals surface area contributed by atoms with Crippen LogP contribution in [0.25, 0.3) is 22.2 Å². The third-order valence-electron chi connectivity index (χ3n) is 3.73. The van der Waals surface area contributed by atoms with Crippen LogP contribution in [0.5, 0.6) is 0 Å². The van der Waals surface area contributed by atoms with Crippen molar-refractivity contribution in [3.8, 4) is 11.3 Å². The normalized spacial score (nSPS) is 14.5. The maximum absolute atomic E-state index is 11.9. The summed E-state index contributed by atoms with van der Waals surface area (Å²) in [5.41, 5.74) is 2.47. The predicted octanol–water partition coefficient (Wildman–Crippen LogP) is 2.81. The summed E-state index contributed by atoms with van der Waals surface area (Å²) in [7, 11) is 0. The lowest BCUT2D eigenvalue weighted by Gasteiger charge is -2.03. The zero-order chi connectivity index (χ0) is 14.2. The Labute approximate surface area is 121 Å². The van der Waals surface area contributed by atoms with E-state index in [-0.39, 0.29) is 5.92 Å². The number of hydrogen-bond donors (Lipinski definition) is 0. The summed E-state index contributed by atoms with van der Waals surface area (Å²) in [6, 6.07) is 3.91. The molecule has 1 fully saturated rings. The topological polar surface area (TPSA) is 68.9 Å². The van der Waals surface area contributed by atoms with Crippen LogP contribution < -0.4 is 0 Å². The molecule has 1 saturated carbocycles. The van der Waals surface area contributed by atoms with E-state index in [1.807, 2.05) is 12.1 Å². The first-order chi connectivity index (χ1) is 10.3. The van der Waals surface area contributed by atoms with Crippen molar-refractivity contribution in [2.75, 3.05) is 0 Å². The molecule has 0 N–H and O–H groups in total. The minimum absolute atomic E-state index is 0.265. The summed E-state index contributed by atoms with van der Waals surface area (Å²) < 4.78 is 5.28. The molecular weight excluding hydrogens is 266 g/mol. The molecule has 0 saturated heterocycles. The van der Waals surface area contributed by atoms with Crippen molar-refractivity contribution < 1.29 is 9.21 Å². The summed E-state index contributed by atoms with van der Waals surface area (Å²) in [6.45, 7) is 0. The Hall–Kier alpha value is -2.56. The largest absolute Gasteiger partial charge is 0.443 e. The first-order valence-corrected chi connectivity index (χ1v) is 6.96. The number of Topliss-reactive ketones (excluding diaryl/α,β-unsaturated/α-hetero) is 1. The van der Waals surface area contributed by atoms with Gasteiger partial charge in [-0.15, -0.1) is 0 Å². The minimum Gasteiger partial charge on any atom is -0.443 e. The van der Waals surface area contributed by atoms with Crippen LogP contribution in [0.15, 0.2) is 41.5 Å². The van der Waals surface area contributed by atoms with E-state index in [1.165, 1.54) is 6.39 Å². The maximum Gasteiger partial charge on any atom is 0.181 e. The second kappa shape index (κ2) is 4.77. The van der Waals surface area contributed by atoms with Gasteiger partial charge in [-0.1, -0.05) is 0 Å². The molecule has 5 heteroatoms. The molecule has 0 bridgehead atoms. The first kappa shape index (κ1) is 12.2. The molecule has 0 unspecified atom stereocenters. The number of nitrogens with zero attached hydrogens (tertiary/aromatic N) is 3. The molecule has 0 spiro atoms. The highest BCUT2D eigenvalue weighted by molar-refractivity contribution is 5.87. The number of ketones is 1. The minimum atomic E-state index is 0.265. The van der Waals surface area contributed by atoms with Gasteiger partial charge in [0.2, 0.25) is 0 Å². The Balaban J connectivity index is 1.69. The molecule has 0 aromatic carbocycles. The molecule has 1 aliphatic rings. The van der Waals surface area contributed by atoms with E-state index in [4.69, 9.17) is 4.42 Å². The third-order valence-corrected chi connectivity index (χ3v) is 3.73. The molecule has 3 aromatic heterocycles. The summed E-state index contributed by atoms with van der Waals surface area (Å²) in [5.74, 6) is 1.24. The molecule has 3 heterocycles. The Morgan fingerprint density at radius 2 is 2.10 bits per heavy atom. The Bertz CT molecular complexity index is 808. The van der Waals surface area contributed by atoms with E-state index in [2.05, 4.69) is 15.0 Å². The van der Waals surface area contributed by atoms with Gasteiger partial charge >= 0.3 is 0 Å². The average Bonchev–Trinajstić information content (AvgIpc) is 3.22. The van der Waals surface area contributed by atoms with Crippen LogP contribution in [0.3, 0.4) is 0 Å². The molecule has 4 rings (SSSR count). The zero-order valence-corrected chi connectivity index (χ0v) is 11.3. The highest BCUT2D eigenvalue weighted by Crippen LogP contribution is 2.31. The lowest BCUT2D eigenvalue weighted by Crippen LogP contribution is -2.06. The van der Waals surface area contributed by atoms with E-state index >= 15 is 0 Å². The third kappa shape index (κ3) is 2.42. The van der Waals surface area contributed by atoms with E-state index in [1.54, 1.807) is 18.6 Å². The van der Waals surface area contributed by atoms with Crippen LogP contribution in [0, 0.1) is 5.92 Å². The molecule has 21 heavy (non-hydrogen) atoms. The monoisotopic (exact) mass is 279 g/mol. The molecule has 0 aliphatic heterocycles. The van der Waals surface area contributed by atoms with Crippen LogP contribution in [0.4, 0.5) is 0 Å². The number of oxazole rings is 1. The molecule has 0 radical (unpaired) electrons. The first-order valence-electron chi connectivity index (χ1n) is 6.96. The summed E-state index contributed by atoms with van der Waals surface area (Å²) in [4.78, 5) is 24.5. The SMILES string of the molecule is O=C(Cc1cc2cc(-c3cnco3)cnc2cn1)C1CC1. The van der Waals surface area contributed by atoms with Crippen molar-refractivity contribution in [2.24, 2.45) is 5.92 Å². The number of pyridine rings is 2. The molecule has 3 aromatic rings. The lowest BCUT2D eigenvalue weighted by molar-refractivity contribution is -0.119. The van der Waals surface area contributed by atoms with E-state index in [0.717, 1.165) is 35.0 Å². The van der Waals surface area contributed by atoms with Gasteiger partial charge in [0.05, 0.1) is 17.9 Å². The van der Waals surface area contributed by atoms with Crippen molar-refractivity contribution in [1.82, 2.24) is 15.0 Å². The molecule has 1 aliphatic carbocycles. The van der Waals surface area contributed by atoms with Crippen molar-refractivity contribution in [3.63, 3.8) is 0 Å². The lowest BCUT2D eigenvalue weighted by atomic mass is 10.1. The van der Waals surface area contributed by atoms with Gasteiger partial charge in [0, 0.05) is 35.2 Å². The van der Waals surface area contributed by atoms with Gasteiger partial charge in [-0.2, -0.15) is 0 Å². The van der Waals surface area contributed by atoms with Crippen molar-refractivity contribution in [2.45, 2.75) is 19.3 Å². The number of fused-ring (bicyclic) bond motifs is 1. The van der Waals surface area contributed by atoms with Crippen molar-refractivity contribution in [1.29, 1.82) is 0 Å². The summed E-state index contributed by atoms with van der Waals surface area (Å²) in [6.07, 6.45) is 8.97. The highest BCUT2D eigenvalue weighted by Gasteiger charge is 2.29. The number of carbonyl (C=O) groups excluding carboxylic acids is 1. The van der Waals surface area contributed by atoms with Crippen LogP contribution in [0.2, 0.25) is 0 Å². The highest BCUT2D eigenvalue weighted by atomic mass is 16.3. The summed E-state index contributed by atoms with van der Waals surface area (Å²) in [5, 5.41) is 0.956. The fraction of sp³-hybridized carbons (Fsp3) is 0.250. The van der Waals surface area contributed by atoms with Crippen LogP contribution in [-0.2, 0) is 11.2 Å². The van der Waals surface area contributed by atoms with Gasteiger partial charge in [0.15, 0.2) is 12.2 Å². The van der Waals surface area contributed by atoms with Gasteiger partial charge in [-0.3, -0.25) is 14.8 Å². The fourth-order valence-corrected chi connectivity index (χ4v) is 2.39. The van der Waals surface area contributed by atoms with Gasteiger partial charge in [0.25, 0.3) is 0 Å². The van der Waals surface area contributed by atoms with E-state index in [0.29, 0.717) is 18.0 Å². The standard InChI is InChI=1S/C16H13N3O2/c20-15(10-1-2-10)5-13-4-11-3-12(16-8-17-9-21-16)6-19-14(11)7-18-13/h3-4,6-10H,1-2,5H2. The summed E-state index contributed by atoms with van der Waals surface area (Å²) >= 11 is 0. The Morgan fingerprint density at radius 1 is 1.19 bits per heavy atom. The van der Waals surface area contributed by atoms with Crippen LogP contribution >= 0.6 is 0 Å². The second-order valence-electron chi connectivity index (χ2n) is 5.38. The number of rotatable bonds is 4. The maximum atomic E-state index is 11.9. The molecule has 0 amide bonds.